The van der Waals surface area contributed by atoms with E-state index >= 15 is 0 Å². The van der Waals surface area contributed by atoms with Crippen molar-refractivity contribution in [3.8, 4) is 11.4 Å². The number of carbonyl (C=O) groups excluding carboxylic acids is 2. The second kappa shape index (κ2) is 9.31. The predicted molar refractivity (Wildman–Crippen MR) is 117 cm³/mol. The highest BCUT2D eigenvalue weighted by atomic mass is 35.5. The molecule has 4 rings (SSSR count). The van der Waals surface area contributed by atoms with Crippen molar-refractivity contribution in [1.29, 1.82) is 0 Å². The molecule has 0 spiro atoms. The number of halogens is 1. The van der Waals surface area contributed by atoms with Gasteiger partial charge in [-0.2, -0.15) is 4.98 Å². The van der Waals surface area contributed by atoms with E-state index in [4.69, 9.17) is 16.1 Å². The summed E-state index contributed by atoms with van der Waals surface area (Å²) in [7, 11) is 0. The Morgan fingerprint density at radius 2 is 1.84 bits per heavy atom. The van der Waals surface area contributed by atoms with E-state index in [0.29, 0.717) is 23.2 Å². The van der Waals surface area contributed by atoms with Gasteiger partial charge in [-0.15, -0.1) is 0 Å². The summed E-state index contributed by atoms with van der Waals surface area (Å²) in [5.74, 6) is 1.01. The molecule has 1 fully saturated rings. The van der Waals surface area contributed by atoms with Gasteiger partial charge in [0.15, 0.2) is 0 Å². The van der Waals surface area contributed by atoms with Crippen molar-refractivity contribution in [2.45, 2.75) is 38.6 Å². The van der Waals surface area contributed by atoms with Crippen LogP contribution in [0.4, 0.5) is 5.69 Å². The van der Waals surface area contributed by atoms with E-state index in [0.717, 1.165) is 29.7 Å². The topological polar surface area (TPSA) is 97.1 Å². The van der Waals surface area contributed by atoms with Gasteiger partial charge in [0.05, 0.1) is 6.04 Å². The molecular formula is C23H23ClN4O3. The summed E-state index contributed by atoms with van der Waals surface area (Å²) in [6.45, 7) is 1.92. The molecule has 0 aliphatic heterocycles. The van der Waals surface area contributed by atoms with Crippen molar-refractivity contribution in [2.75, 3.05) is 5.32 Å². The fourth-order valence-electron chi connectivity index (χ4n) is 3.14. The fourth-order valence-corrected chi connectivity index (χ4v) is 3.26. The van der Waals surface area contributed by atoms with Crippen LogP contribution in [-0.2, 0) is 16.0 Å². The zero-order chi connectivity index (χ0) is 21.8. The lowest BCUT2D eigenvalue weighted by molar-refractivity contribution is -0.121. The quantitative estimate of drug-likeness (QED) is 0.537. The van der Waals surface area contributed by atoms with Crippen LogP contribution in [0.15, 0.2) is 53.1 Å². The second-order valence-corrected chi connectivity index (χ2v) is 8.13. The fraction of sp³-hybridized carbons (Fsp3) is 0.304. The number of aromatic nitrogens is 2. The Labute approximate surface area is 185 Å². The van der Waals surface area contributed by atoms with Gasteiger partial charge in [-0.3, -0.25) is 9.59 Å². The molecule has 1 aliphatic carbocycles. The minimum Gasteiger partial charge on any atom is -0.350 e. The summed E-state index contributed by atoms with van der Waals surface area (Å²) in [6.07, 6.45) is 2.53. The Balaban J connectivity index is 1.25. The summed E-state index contributed by atoms with van der Waals surface area (Å²) in [6, 6.07) is 14.5. The van der Waals surface area contributed by atoms with Crippen molar-refractivity contribution in [2.24, 2.45) is 5.92 Å². The maximum absolute atomic E-state index is 12.3. The van der Waals surface area contributed by atoms with E-state index in [9.17, 15) is 9.59 Å². The average Bonchev–Trinajstić information content (AvgIpc) is 3.52. The van der Waals surface area contributed by atoms with Crippen LogP contribution >= 0.6 is 11.6 Å². The Morgan fingerprint density at radius 3 is 2.52 bits per heavy atom. The van der Waals surface area contributed by atoms with Gasteiger partial charge in [0.1, 0.15) is 0 Å². The molecule has 0 radical (unpaired) electrons. The van der Waals surface area contributed by atoms with Crippen molar-refractivity contribution < 1.29 is 14.1 Å². The van der Waals surface area contributed by atoms with Gasteiger partial charge >= 0.3 is 0 Å². The van der Waals surface area contributed by atoms with Gasteiger partial charge in [-0.05, 0) is 61.7 Å². The van der Waals surface area contributed by atoms with E-state index in [2.05, 4.69) is 20.8 Å². The van der Waals surface area contributed by atoms with Crippen molar-refractivity contribution >= 4 is 29.1 Å². The molecule has 2 aromatic carbocycles. The van der Waals surface area contributed by atoms with E-state index < -0.39 is 0 Å². The minimum atomic E-state index is -0.159. The Hall–Kier alpha value is -3.19. The van der Waals surface area contributed by atoms with Crippen LogP contribution in [0.1, 0.15) is 43.7 Å². The van der Waals surface area contributed by atoms with Crippen LogP contribution < -0.4 is 10.6 Å². The van der Waals surface area contributed by atoms with Gasteiger partial charge in [0, 0.05) is 35.0 Å². The first-order valence-corrected chi connectivity index (χ1v) is 10.6. The molecule has 0 bridgehead atoms. The molecule has 3 aromatic rings. The lowest BCUT2D eigenvalue weighted by Gasteiger charge is -2.15. The third-order valence-corrected chi connectivity index (χ3v) is 5.39. The van der Waals surface area contributed by atoms with Crippen molar-refractivity contribution in [1.82, 2.24) is 15.5 Å². The smallest absolute Gasteiger partial charge is 0.227 e. The minimum absolute atomic E-state index is 0.0781. The number of hydrogen-bond acceptors (Lipinski definition) is 5. The predicted octanol–water partition coefficient (Wildman–Crippen LogP) is 4.55. The number of aryl methyl sites for hydroxylation is 1. The standard InChI is InChI=1S/C23H23ClN4O3/c1-14(15-6-10-19(11-7-15)26-23(30)17-2-3-17)25-20(29)12-13-21-27-22(28-31-21)16-4-8-18(24)9-5-16/h4-11,14,17H,2-3,12-13H2,1H3,(H,25,29)(H,26,30). The van der Waals surface area contributed by atoms with Crippen LogP contribution in [0.3, 0.4) is 0 Å². The van der Waals surface area contributed by atoms with Gasteiger partial charge in [0.2, 0.25) is 23.5 Å². The largest absolute Gasteiger partial charge is 0.350 e. The number of rotatable bonds is 8. The zero-order valence-corrected chi connectivity index (χ0v) is 17.9. The van der Waals surface area contributed by atoms with Crippen LogP contribution in [-0.4, -0.2) is 22.0 Å². The number of hydrogen-bond donors (Lipinski definition) is 2. The molecule has 1 aromatic heterocycles. The highest BCUT2D eigenvalue weighted by Gasteiger charge is 2.29. The van der Waals surface area contributed by atoms with Gasteiger partial charge < -0.3 is 15.2 Å². The van der Waals surface area contributed by atoms with Crippen molar-refractivity contribution in [3.05, 3.63) is 65.0 Å². The van der Waals surface area contributed by atoms with Crippen LogP contribution in [0, 0.1) is 5.92 Å². The molecule has 1 saturated carbocycles. The summed E-state index contributed by atoms with van der Waals surface area (Å²) >= 11 is 5.89. The Kier molecular flexibility index (Phi) is 6.32. The lowest BCUT2D eigenvalue weighted by atomic mass is 10.1. The first-order valence-electron chi connectivity index (χ1n) is 10.3. The summed E-state index contributed by atoms with van der Waals surface area (Å²) in [5, 5.41) is 10.5. The first kappa shape index (κ1) is 21.1. The normalized spacial score (nSPS) is 14.1. The molecule has 7 nitrogen and oxygen atoms in total. The average molecular weight is 439 g/mol. The Morgan fingerprint density at radius 1 is 1.13 bits per heavy atom. The SMILES string of the molecule is CC(NC(=O)CCc1nc(-c2ccc(Cl)cc2)no1)c1ccc(NC(=O)C2CC2)cc1. The number of anilines is 1. The van der Waals surface area contributed by atoms with E-state index in [1.165, 1.54) is 0 Å². The second-order valence-electron chi connectivity index (χ2n) is 7.69. The van der Waals surface area contributed by atoms with Crippen molar-refractivity contribution in [3.63, 3.8) is 0 Å². The van der Waals surface area contributed by atoms with Gasteiger partial charge in [0.25, 0.3) is 0 Å². The highest BCUT2D eigenvalue weighted by Crippen LogP contribution is 2.30. The molecule has 31 heavy (non-hydrogen) atoms. The molecule has 1 atom stereocenters. The number of carbonyl (C=O) groups is 2. The zero-order valence-electron chi connectivity index (χ0n) is 17.1. The van der Waals surface area contributed by atoms with Crippen LogP contribution in [0.2, 0.25) is 5.02 Å². The molecule has 1 aliphatic rings. The van der Waals surface area contributed by atoms with Crippen LogP contribution in [0.25, 0.3) is 11.4 Å². The molecule has 1 unspecified atom stereocenters. The molecule has 1 heterocycles. The van der Waals surface area contributed by atoms with E-state index in [1.54, 1.807) is 12.1 Å². The third-order valence-electron chi connectivity index (χ3n) is 5.14. The summed E-state index contributed by atoms with van der Waals surface area (Å²) < 4.78 is 5.25. The maximum atomic E-state index is 12.3. The molecule has 8 heteroatoms. The molecule has 160 valence electrons. The van der Waals surface area contributed by atoms with Gasteiger partial charge in [-0.25, -0.2) is 0 Å². The van der Waals surface area contributed by atoms with Crippen LogP contribution in [0.5, 0.6) is 0 Å². The first-order chi connectivity index (χ1) is 15.0. The Bertz CT molecular complexity index is 1060. The van der Waals surface area contributed by atoms with E-state index in [1.807, 2.05) is 43.3 Å². The number of benzene rings is 2. The monoisotopic (exact) mass is 438 g/mol. The number of nitrogens with zero attached hydrogens (tertiary/aromatic N) is 2. The molecule has 0 saturated heterocycles. The summed E-state index contributed by atoms with van der Waals surface area (Å²) in [4.78, 5) is 28.5. The highest BCUT2D eigenvalue weighted by molar-refractivity contribution is 6.30. The van der Waals surface area contributed by atoms with Gasteiger partial charge in [-0.1, -0.05) is 28.9 Å². The molecule has 2 N–H and O–H groups in total. The third kappa shape index (κ3) is 5.70. The van der Waals surface area contributed by atoms with E-state index in [-0.39, 0.29) is 30.2 Å². The maximum Gasteiger partial charge on any atom is 0.227 e. The number of nitrogens with one attached hydrogen (secondary N) is 2. The number of amides is 2. The summed E-state index contributed by atoms with van der Waals surface area (Å²) in [5.41, 5.74) is 2.53. The molecule has 2 amide bonds. The lowest BCUT2D eigenvalue weighted by Crippen LogP contribution is -2.26. The molecular weight excluding hydrogens is 416 g/mol.